The Hall–Kier alpha value is -0.810. The predicted octanol–water partition coefficient (Wildman–Crippen LogP) is 4.16. The first-order valence-corrected chi connectivity index (χ1v) is 6.01. The normalized spacial score (nSPS) is 24.5. The van der Waals surface area contributed by atoms with E-state index in [0.717, 1.165) is 12.1 Å². The van der Waals surface area contributed by atoms with Crippen LogP contribution in [0.5, 0.6) is 0 Å². The Morgan fingerprint density at radius 2 is 2.06 bits per heavy atom. The van der Waals surface area contributed by atoms with E-state index in [9.17, 15) is 17.6 Å². The maximum atomic E-state index is 13.1. The minimum atomic E-state index is -4.70. The first-order chi connectivity index (χ1) is 8.43. The van der Waals surface area contributed by atoms with Crippen molar-refractivity contribution in [3.63, 3.8) is 0 Å². The molecule has 6 heteroatoms. The van der Waals surface area contributed by atoms with Crippen LogP contribution < -0.4 is 0 Å². The first-order valence-electron chi connectivity index (χ1n) is 5.47. The second kappa shape index (κ2) is 5.05. The molecular formula is C12H11ClF4O. The third-order valence-electron chi connectivity index (χ3n) is 3.04. The van der Waals surface area contributed by atoms with E-state index in [1.54, 1.807) is 0 Å². The largest absolute Gasteiger partial charge is 0.419 e. The molecule has 0 aliphatic carbocycles. The number of alkyl halides is 4. The van der Waals surface area contributed by atoms with Gasteiger partial charge in [0, 0.05) is 18.4 Å². The quantitative estimate of drug-likeness (QED) is 0.584. The van der Waals surface area contributed by atoms with Crippen LogP contribution in [0.3, 0.4) is 0 Å². The van der Waals surface area contributed by atoms with Gasteiger partial charge in [-0.3, -0.25) is 0 Å². The summed E-state index contributed by atoms with van der Waals surface area (Å²) in [5.74, 6) is -0.992. The molecule has 18 heavy (non-hydrogen) atoms. The van der Waals surface area contributed by atoms with Crippen molar-refractivity contribution in [2.75, 3.05) is 12.5 Å². The minimum absolute atomic E-state index is 0.0294. The van der Waals surface area contributed by atoms with Gasteiger partial charge in [0.05, 0.1) is 11.7 Å². The van der Waals surface area contributed by atoms with Gasteiger partial charge >= 0.3 is 6.18 Å². The Kier molecular flexibility index (Phi) is 3.82. The molecule has 0 spiro atoms. The van der Waals surface area contributed by atoms with Gasteiger partial charge in [0.1, 0.15) is 5.82 Å². The average Bonchev–Trinajstić information content (AvgIpc) is 2.76. The summed E-state index contributed by atoms with van der Waals surface area (Å²) in [4.78, 5) is 0. The molecule has 0 N–H and O–H groups in total. The summed E-state index contributed by atoms with van der Waals surface area (Å²) in [5.41, 5.74) is -0.935. The Balaban J connectivity index is 2.35. The van der Waals surface area contributed by atoms with Crippen LogP contribution in [0.4, 0.5) is 17.6 Å². The second-order valence-electron chi connectivity index (χ2n) is 4.23. The summed E-state index contributed by atoms with van der Waals surface area (Å²) in [5, 5.41) is 0. The van der Waals surface area contributed by atoms with Crippen molar-refractivity contribution in [3.05, 3.63) is 35.1 Å². The van der Waals surface area contributed by atoms with Crippen LogP contribution in [0.25, 0.3) is 0 Å². The van der Waals surface area contributed by atoms with Gasteiger partial charge in [-0.05, 0) is 24.1 Å². The molecule has 1 fully saturated rings. The van der Waals surface area contributed by atoms with Crippen molar-refractivity contribution in [2.24, 2.45) is 5.92 Å². The standard InChI is InChI=1S/C12H11ClF4O/c13-6-8-3-4-18-11(8)7-1-2-10(14)9(5-7)12(15,16)17/h1-2,5,8,11H,3-4,6H2. The number of halogens is 5. The molecule has 1 aliphatic rings. The Morgan fingerprint density at radius 3 is 2.67 bits per heavy atom. The first kappa shape index (κ1) is 13.6. The van der Waals surface area contributed by atoms with Crippen LogP contribution in [-0.4, -0.2) is 12.5 Å². The van der Waals surface area contributed by atoms with E-state index in [4.69, 9.17) is 16.3 Å². The van der Waals surface area contributed by atoms with Gasteiger partial charge in [-0.2, -0.15) is 13.2 Å². The highest BCUT2D eigenvalue weighted by atomic mass is 35.5. The summed E-state index contributed by atoms with van der Waals surface area (Å²) in [6.45, 7) is 0.459. The van der Waals surface area contributed by atoms with Crippen molar-refractivity contribution >= 4 is 11.6 Å². The number of hydrogen-bond acceptors (Lipinski definition) is 1. The van der Waals surface area contributed by atoms with E-state index in [0.29, 0.717) is 24.5 Å². The molecule has 1 nitrogen and oxygen atoms in total. The average molecular weight is 283 g/mol. The lowest BCUT2D eigenvalue weighted by Gasteiger charge is -2.18. The zero-order chi connectivity index (χ0) is 13.3. The molecule has 0 bridgehead atoms. The molecular weight excluding hydrogens is 272 g/mol. The third kappa shape index (κ3) is 2.62. The van der Waals surface area contributed by atoms with E-state index < -0.39 is 23.7 Å². The molecule has 100 valence electrons. The fraction of sp³-hybridized carbons (Fsp3) is 0.500. The van der Waals surface area contributed by atoms with Crippen molar-refractivity contribution in [1.29, 1.82) is 0 Å². The van der Waals surface area contributed by atoms with Gasteiger partial charge in [-0.25, -0.2) is 4.39 Å². The Morgan fingerprint density at radius 1 is 1.33 bits per heavy atom. The minimum Gasteiger partial charge on any atom is -0.373 e. The molecule has 1 aromatic carbocycles. The number of ether oxygens (including phenoxy) is 1. The van der Waals surface area contributed by atoms with Crippen molar-refractivity contribution in [3.8, 4) is 0 Å². The summed E-state index contributed by atoms with van der Waals surface area (Å²) in [6.07, 6.45) is -4.48. The highest BCUT2D eigenvalue weighted by Gasteiger charge is 2.36. The second-order valence-corrected chi connectivity index (χ2v) is 4.54. The molecule has 1 aliphatic heterocycles. The Labute approximate surface area is 107 Å². The highest BCUT2D eigenvalue weighted by Crippen LogP contribution is 2.38. The third-order valence-corrected chi connectivity index (χ3v) is 3.43. The van der Waals surface area contributed by atoms with Gasteiger partial charge in [0.15, 0.2) is 0 Å². The summed E-state index contributed by atoms with van der Waals surface area (Å²) in [7, 11) is 0. The van der Waals surface area contributed by atoms with Crippen LogP contribution in [0.1, 0.15) is 23.7 Å². The lowest BCUT2D eigenvalue weighted by Crippen LogP contribution is -2.13. The molecule has 1 saturated heterocycles. The van der Waals surface area contributed by atoms with Crippen LogP contribution in [0, 0.1) is 11.7 Å². The fourth-order valence-corrected chi connectivity index (χ4v) is 2.41. The zero-order valence-electron chi connectivity index (χ0n) is 9.31. The maximum Gasteiger partial charge on any atom is 0.419 e. The summed E-state index contributed by atoms with van der Waals surface area (Å²) < 4.78 is 56.3. The molecule has 0 saturated carbocycles. The van der Waals surface area contributed by atoms with Gasteiger partial charge in [0.25, 0.3) is 0 Å². The van der Waals surface area contributed by atoms with E-state index in [-0.39, 0.29) is 5.92 Å². The molecule has 0 amide bonds. The topological polar surface area (TPSA) is 9.23 Å². The SMILES string of the molecule is Fc1ccc(C2OCCC2CCl)cc1C(F)(F)F. The molecule has 2 atom stereocenters. The van der Waals surface area contributed by atoms with E-state index in [1.165, 1.54) is 6.07 Å². The molecule has 1 heterocycles. The van der Waals surface area contributed by atoms with E-state index >= 15 is 0 Å². The molecule has 2 unspecified atom stereocenters. The van der Waals surface area contributed by atoms with Crippen molar-refractivity contribution in [1.82, 2.24) is 0 Å². The monoisotopic (exact) mass is 282 g/mol. The smallest absolute Gasteiger partial charge is 0.373 e. The van der Waals surface area contributed by atoms with Gasteiger partial charge < -0.3 is 4.74 Å². The van der Waals surface area contributed by atoms with Gasteiger partial charge in [0.2, 0.25) is 0 Å². The van der Waals surface area contributed by atoms with Gasteiger partial charge in [-0.15, -0.1) is 11.6 Å². The van der Waals surface area contributed by atoms with E-state index in [2.05, 4.69) is 0 Å². The van der Waals surface area contributed by atoms with Crippen LogP contribution in [0.2, 0.25) is 0 Å². The van der Waals surface area contributed by atoms with Gasteiger partial charge in [-0.1, -0.05) is 6.07 Å². The molecule has 1 aromatic rings. The highest BCUT2D eigenvalue weighted by molar-refractivity contribution is 6.18. The number of hydrogen-bond donors (Lipinski definition) is 0. The van der Waals surface area contributed by atoms with Crippen LogP contribution in [-0.2, 0) is 10.9 Å². The lowest BCUT2D eigenvalue weighted by molar-refractivity contribution is -0.140. The summed E-state index contributed by atoms with van der Waals surface area (Å²) in [6, 6.07) is 2.95. The van der Waals surface area contributed by atoms with Crippen molar-refractivity contribution in [2.45, 2.75) is 18.7 Å². The van der Waals surface area contributed by atoms with E-state index in [1.807, 2.05) is 0 Å². The number of rotatable bonds is 2. The molecule has 0 aromatic heterocycles. The number of benzene rings is 1. The predicted molar refractivity (Wildman–Crippen MR) is 58.9 cm³/mol. The molecule has 0 radical (unpaired) electrons. The molecule has 2 rings (SSSR count). The Bertz CT molecular complexity index is 433. The van der Waals surface area contributed by atoms with Crippen LogP contribution >= 0.6 is 11.6 Å². The maximum absolute atomic E-state index is 13.1. The van der Waals surface area contributed by atoms with Crippen molar-refractivity contribution < 1.29 is 22.3 Å². The van der Waals surface area contributed by atoms with Crippen LogP contribution in [0.15, 0.2) is 18.2 Å². The summed E-state index contributed by atoms with van der Waals surface area (Å²) >= 11 is 5.74. The zero-order valence-corrected chi connectivity index (χ0v) is 10.1. The lowest BCUT2D eigenvalue weighted by atomic mass is 9.95. The fourth-order valence-electron chi connectivity index (χ4n) is 2.10.